The molecule has 0 spiro atoms. The van der Waals surface area contributed by atoms with Crippen molar-refractivity contribution in [3.63, 3.8) is 0 Å². The molecule has 0 N–H and O–H groups in total. The van der Waals surface area contributed by atoms with E-state index in [0.717, 1.165) is 0 Å². The summed E-state index contributed by atoms with van der Waals surface area (Å²) >= 11 is 0. The Balaban J connectivity index is 1.97. The first kappa shape index (κ1) is 12.6. The zero-order valence-electron chi connectivity index (χ0n) is 10.2. The average molecular weight is 252 g/mol. The van der Waals surface area contributed by atoms with Crippen LogP contribution in [0.25, 0.3) is 12.2 Å². The number of rotatable bonds is 4. The van der Waals surface area contributed by atoms with Gasteiger partial charge in [0.25, 0.3) is 0 Å². The molecule has 90 valence electrons. The zero-order valence-corrected chi connectivity index (χ0v) is 11.0. The van der Waals surface area contributed by atoms with Crippen molar-refractivity contribution in [3.8, 4) is 0 Å². The first-order chi connectivity index (χ1) is 8.84. The lowest BCUT2D eigenvalue weighted by atomic mass is 10.2. The van der Waals surface area contributed by atoms with E-state index in [4.69, 9.17) is 0 Å². The molecule has 2 rings (SSSR count). The molecule has 0 aliphatic rings. The van der Waals surface area contributed by atoms with Gasteiger partial charge in [-0.25, -0.2) is 0 Å². The zero-order chi connectivity index (χ0) is 12.6. The van der Waals surface area contributed by atoms with E-state index in [1.165, 1.54) is 11.1 Å². The van der Waals surface area contributed by atoms with E-state index in [1.54, 1.807) is 0 Å². The molecule has 0 aromatic heterocycles. The highest BCUT2D eigenvalue weighted by molar-refractivity contribution is 8.19. The fraction of sp³-hybridized carbons (Fsp3) is 0. The highest BCUT2D eigenvalue weighted by Crippen LogP contribution is 2.17. The van der Waals surface area contributed by atoms with Gasteiger partial charge >= 0.3 is 0 Å². The molecular weight excluding hydrogens is 236 g/mol. The second-order valence-corrected chi connectivity index (χ2v) is 5.38. The summed E-state index contributed by atoms with van der Waals surface area (Å²) in [4.78, 5) is 0. The van der Waals surface area contributed by atoms with Crippen molar-refractivity contribution < 1.29 is 0 Å². The standard InChI is InChI=1S/C17H16S/c1-18(14-12-16-8-4-2-5-9-16)15-13-17-10-6-3-7-11-17/h2-15H,1H2/b14-12+,15-13+. The number of hydrogen-bond acceptors (Lipinski definition) is 0. The first-order valence-electron chi connectivity index (χ1n) is 5.83. The Kier molecular flexibility index (Phi) is 4.74. The van der Waals surface area contributed by atoms with Crippen molar-refractivity contribution in [1.29, 1.82) is 0 Å². The minimum absolute atomic E-state index is 0.0821. The Hall–Kier alpha value is -1.86. The molecule has 1 heteroatoms. The average Bonchev–Trinajstić information content (AvgIpc) is 2.45. The fourth-order valence-corrected chi connectivity index (χ4v) is 2.26. The molecular formula is C17H16S. The lowest BCUT2D eigenvalue weighted by Crippen LogP contribution is -1.68. The molecule has 0 amide bonds. The molecule has 0 fully saturated rings. The maximum atomic E-state index is 4.12. The molecule has 2 aromatic rings. The Morgan fingerprint density at radius 1 is 0.667 bits per heavy atom. The Morgan fingerprint density at radius 3 is 1.44 bits per heavy atom. The molecule has 18 heavy (non-hydrogen) atoms. The highest BCUT2D eigenvalue weighted by atomic mass is 32.2. The SMILES string of the molecule is C=S(/C=C/c1ccccc1)/C=C/c1ccccc1. The van der Waals surface area contributed by atoms with Gasteiger partial charge in [-0.1, -0.05) is 66.5 Å². The van der Waals surface area contributed by atoms with Gasteiger partial charge in [0.15, 0.2) is 0 Å². The summed E-state index contributed by atoms with van der Waals surface area (Å²) in [6, 6.07) is 20.6. The summed E-state index contributed by atoms with van der Waals surface area (Å²) in [7, 11) is -0.0821. The summed E-state index contributed by atoms with van der Waals surface area (Å²) in [5.41, 5.74) is 2.43. The van der Waals surface area contributed by atoms with E-state index in [-0.39, 0.29) is 10.5 Å². The highest BCUT2D eigenvalue weighted by Gasteiger charge is 1.85. The van der Waals surface area contributed by atoms with Gasteiger partial charge in [0.2, 0.25) is 0 Å². The first-order valence-corrected chi connectivity index (χ1v) is 7.35. The van der Waals surface area contributed by atoms with Gasteiger partial charge in [-0.05, 0) is 34.1 Å². The third-order valence-corrected chi connectivity index (χ3v) is 3.44. The van der Waals surface area contributed by atoms with Crippen LogP contribution < -0.4 is 0 Å². The second-order valence-electron chi connectivity index (χ2n) is 3.90. The van der Waals surface area contributed by atoms with Crippen LogP contribution in [0.4, 0.5) is 0 Å². The third kappa shape index (κ3) is 4.19. The molecule has 2 aromatic carbocycles. The van der Waals surface area contributed by atoms with Crippen molar-refractivity contribution in [2.24, 2.45) is 0 Å². The summed E-state index contributed by atoms with van der Waals surface area (Å²) in [5.74, 6) is 4.12. The van der Waals surface area contributed by atoms with E-state index >= 15 is 0 Å². The Labute approximate surface area is 111 Å². The van der Waals surface area contributed by atoms with Crippen molar-refractivity contribution in [3.05, 3.63) is 82.6 Å². The maximum absolute atomic E-state index is 4.12. The van der Waals surface area contributed by atoms with Crippen molar-refractivity contribution >= 4 is 28.5 Å². The van der Waals surface area contributed by atoms with Crippen LogP contribution in [-0.4, -0.2) is 5.87 Å². The lowest BCUT2D eigenvalue weighted by molar-refractivity contribution is 1.66. The van der Waals surface area contributed by atoms with Gasteiger partial charge in [-0.2, -0.15) is 0 Å². The molecule has 0 aliphatic carbocycles. The molecule has 0 saturated heterocycles. The smallest absolute Gasteiger partial charge is 0.0252 e. The van der Waals surface area contributed by atoms with E-state index in [1.807, 2.05) is 36.4 Å². The third-order valence-electron chi connectivity index (χ3n) is 2.47. The van der Waals surface area contributed by atoms with Crippen LogP contribution in [0.15, 0.2) is 71.5 Å². The van der Waals surface area contributed by atoms with E-state index < -0.39 is 0 Å². The van der Waals surface area contributed by atoms with Crippen molar-refractivity contribution in [1.82, 2.24) is 0 Å². The molecule has 0 saturated carbocycles. The molecule has 0 nitrogen and oxygen atoms in total. The minimum atomic E-state index is -0.0821. The summed E-state index contributed by atoms with van der Waals surface area (Å²) in [5, 5.41) is 4.27. The minimum Gasteiger partial charge on any atom is -0.145 e. The Bertz CT molecular complexity index is 499. The van der Waals surface area contributed by atoms with Crippen LogP contribution in [0.2, 0.25) is 0 Å². The second kappa shape index (κ2) is 6.77. The molecule has 0 aliphatic heterocycles. The van der Waals surface area contributed by atoms with Crippen molar-refractivity contribution in [2.75, 3.05) is 0 Å². The molecule has 0 atom stereocenters. The van der Waals surface area contributed by atoms with E-state index in [2.05, 4.69) is 53.1 Å². The number of hydrogen-bond donors (Lipinski definition) is 0. The van der Waals surface area contributed by atoms with Crippen LogP contribution in [-0.2, 0) is 0 Å². The van der Waals surface area contributed by atoms with Gasteiger partial charge in [0.05, 0.1) is 0 Å². The molecule has 0 heterocycles. The monoisotopic (exact) mass is 252 g/mol. The van der Waals surface area contributed by atoms with E-state index in [9.17, 15) is 0 Å². The quantitative estimate of drug-likeness (QED) is 0.669. The van der Waals surface area contributed by atoms with E-state index in [0.29, 0.717) is 0 Å². The van der Waals surface area contributed by atoms with Crippen LogP contribution in [0.5, 0.6) is 0 Å². The predicted molar refractivity (Wildman–Crippen MR) is 85.7 cm³/mol. The normalized spacial score (nSPS) is 11.6. The molecule has 0 unspecified atom stereocenters. The summed E-state index contributed by atoms with van der Waals surface area (Å²) in [6.45, 7) is 0. The van der Waals surface area contributed by atoms with Gasteiger partial charge in [-0.15, -0.1) is 10.5 Å². The topological polar surface area (TPSA) is 0 Å². The van der Waals surface area contributed by atoms with Crippen LogP contribution in [0, 0.1) is 0 Å². The molecule has 0 radical (unpaired) electrons. The lowest BCUT2D eigenvalue weighted by Gasteiger charge is -1.95. The molecule has 0 bridgehead atoms. The van der Waals surface area contributed by atoms with Gasteiger partial charge in [0, 0.05) is 0 Å². The van der Waals surface area contributed by atoms with Crippen LogP contribution >= 0.6 is 10.5 Å². The predicted octanol–water partition coefficient (Wildman–Crippen LogP) is 5.03. The van der Waals surface area contributed by atoms with Crippen molar-refractivity contribution in [2.45, 2.75) is 0 Å². The summed E-state index contributed by atoms with van der Waals surface area (Å²) in [6.07, 6.45) is 4.23. The largest absolute Gasteiger partial charge is 0.145 e. The van der Waals surface area contributed by atoms with Gasteiger partial charge in [0.1, 0.15) is 0 Å². The summed E-state index contributed by atoms with van der Waals surface area (Å²) < 4.78 is 0. The maximum Gasteiger partial charge on any atom is -0.0252 e. The van der Waals surface area contributed by atoms with Gasteiger partial charge in [-0.3, -0.25) is 0 Å². The fourth-order valence-electron chi connectivity index (χ4n) is 1.51. The Morgan fingerprint density at radius 2 is 1.06 bits per heavy atom. The van der Waals surface area contributed by atoms with Gasteiger partial charge < -0.3 is 0 Å². The van der Waals surface area contributed by atoms with Crippen LogP contribution in [0.3, 0.4) is 0 Å². The number of benzene rings is 2. The van der Waals surface area contributed by atoms with Crippen LogP contribution in [0.1, 0.15) is 11.1 Å².